The fourth-order valence-corrected chi connectivity index (χ4v) is 3.75. The van der Waals surface area contributed by atoms with Crippen LogP contribution in [0.3, 0.4) is 0 Å². The zero-order chi connectivity index (χ0) is 17.5. The summed E-state index contributed by atoms with van der Waals surface area (Å²) in [6, 6.07) is 20.5. The summed E-state index contributed by atoms with van der Waals surface area (Å²) in [5.74, 6) is 0. The van der Waals surface area contributed by atoms with Gasteiger partial charge in [0.1, 0.15) is 0 Å². The molecule has 1 heterocycles. The highest BCUT2D eigenvalue weighted by atomic mass is 16.4. The highest BCUT2D eigenvalue weighted by Gasteiger charge is 2.36. The monoisotopic (exact) mass is 338 g/mol. The molecule has 0 bridgehead atoms. The van der Waals surface area contributed by atoms with Crippen LogP contribution in [0.2, 0.25) is 0 Å². The summed E-state index contributed by atoms with van der Waals surface area (Å²) in [7, 11) is 0. The average Bonchev–Trinajstić information content (AvgIpc) is 2.67. The highest BCUT2D eigenvalue weighted by Crippen LogP contribution is 2.34. The van der Waals surface area contributed by atoms with Crippen molar-refractivity contribution in [2.45, 2.75) is 24.7 Å². The maximum atomic E-state index is 11.9. The van der Waals surface area contributed by atoms with Gasteiger partial charge in [-0.1, -0.05) is 60.7 Å². The Morgan fingerprint density at radius 2 is 1.60 bits per heavy atom. The minimum absolute atomic E-state index is 0.0956. The van der Waals surface area contributed by atoms with Gasteiger partial charge in [0.05, 0.1) is 0 Å². The Kier molecular flexibility index (Phi) is 5.71. The van der Waals surface area contributed by atoms with Gasteiger partial charge in [-0.25, -0.2) is 4.79 Å². The molecular weight excluding hydrogens is 312 g/mol. The largest absolute Gasteiger partial charge is 0.465 e. The quantitative estimate of drug-likeness (QED) is 0.847. The van der Waals surface area contributed by atoms with Crippen LogP contribution in [-0.2, 0) is 11.8 Å². The number of hydrogen-bond acceptors (Lipinski definition) is 2. The molecule has 0 saturated carbocycles. The Balaban J connectivity index is 1.77. The van der Waals surface area contributed by atoms with E-state index < -0.39 is 6.09 Å². The Morgan fingerprint density at radius 1 is 1.00 bits per heavy atom. The number of hydrogen-bond donors (Lipinski definition) is 2. The molecule has 4 nitrogen and oxygen atoms in total. The minimum atomic E-state index is -0.829. The van der Waals surface area contributed by atoms with Crippen LogP contribution in [0.1, 0.15) is 24.0 Å². The van der Waals surface area contributed by atoms with E-state index in [1.54, 1.807) is 4.90 Å². The van der Waals surface area contributed by atoms with Crippen molar-refractivity contribution in [3.8, 4) is 0 Å². The molecule has 2 N–H and O–H groups in total. The van der Waals surface area contributed by atoms with Crippen LogP contribution in [0.25, 0.3) is 0 Å². The number of nitrogens with one attached hydrogen (secondary N) is 1. The first-order chi connectivity index (χ1) is 12.2. The predicted molar refractivity (Wildman–Crippen MR) is 100.0 cm³/mol. The van der Waals surface area contributed by atoms with Crippen molar-refractivity contribution in [1.29, 1.82) is 0 Å². The molecule has 0 spiro atoms. The Bertz CT molecular complexity index is 667. The summed E-state index contributed by atoms with van der Waals surface area (Å²) < 4.78 is 0. The Hall–Kier alpha value is -2.33. The molecule has 1 amide bonds. The lowest BCUT2D eigenvalue weighted by molar-refractivity contribution is 0.123. The lowest BCUT2D eigenvalue weighted by Crippen LogP contribution is -2.49. The second-order valence-electron chi connectivity index (χ2n) is 6.84. The molecule has 4 heteroatoms. The zero-order valence-electron chi connectivity index (χ0n) is 14.5. The van der Waals surface area contributed by atoms with E-state index in [4.69, 9.17) is 0 Å². The molecule has 0 radical (unpaired) electrons. The topological polar surface area (TPSA) is 52.6 Å². The smallest absolute Gasteiger partial charge is 0.407 e. The molecule has 0 aromatic heterocycles. The van der Waals surface area contributed by atoms with Gasteiger partial charge in [-0.15, -0.1) is 0 Å². The van der Waals surface area contributed by atoms with E-state index in [2.05, 4.69) is 29.6 Å². The summed E-state index contributed by atoms with van der Waals surface area (Å²) in [6.45, 7) is 2.95. The van der Waals surface area contributed by atoms with Crippen molar-refractivity contribution in [1.82, 2.24) is 10.2 Å². The predicted octanol–water partition coefficient (Wildman–Crippen LogP) is 3.53. The third-order valence-corrected chi connectivity index (χ3v) is 5.22. The molecule has 0 unspecified atom stereocenters. The molecule has 1 fully saturated rings. The van der Waals surface area contributed by atoms with Crippen LogP contribution in [0.5, 0.6) is 0 Å². The Labute approximate surface area is 149 Å². The van der Waals surface area contributed by atoms with Crippen molar-refractivity contribution < 1.29 is 9.90 Å². The molecule has 0 atom stereocenters. The summed E-state index contributed by atoms with van der Waals surface area (Å²) in [6.07, 6.45) is 1.85. The number of benzene rings is 2. The van der Waals surface area contributed by atoms with Gasteiger partial charge in [-0.2, -0.15) is 0 Å². The molecule has 1 aliphatic heterocycles. The van der Waals surface area contributed by atoms with Crippen molar-refractivity contribution in [3.05, 3.63) is 71.8 Å². The van der Waals surface area contributed by atoms with E-state index in [-0.39, 0.29) is 5.41 Å². The second-order valence-corrected chi connectivity index (χ2v) is 6.84. The van der Waals surface area contributed by atoms with Crippen LogP contribution in [-0.4, -0.2) is 42.3 Å². The van der Waals surface area contributed by atoms with E-state index in [9.17, 15) is 9.90 Å². The fourth-order valence-electron chi connectivity index (χ4n) is 3.75. The van der Waals surface area contributed by atoms with Gasteiger partial charge in [-0.3, -0.25) is 0 Å². The standard InChI is InChI=1S/C21H26N2O2/c24-20(25)23(16-11-18-7-3-1-4-8-18)17-21(12-14-22-15-13-21)19-9-5-2-6-10-19/h1-10,22H,11-17H2,(H,24,25). The molecular formula is C21H26N2O2. The van der Waals surface area contributed by atoms with Gasteiger partial charge in [0.25, 0.3) is 0 Å². The Morgan fingerprint density at radius 3 is 2.20 bits per heavy atom. The van der Waals surface area contributed by atoms with Crippen LogP contribution in [0.15, 0.2) is 60.7 Å². The van der Waals surface area contributed by atoms with Crippen LogP contribution in [0.4, 0.5) is 4.79 Å². The van der Waals surface area contributed by atoms with Gasteiger partial charge < -0.3 is 15.3 Å². The van der Waals surface area contributed by atoms with Gasteiger partial charge in [-0.05, 0) is 43.5 Å². The number of carboxylic acid groups (broad SMARTS) is 1. The molecule has 132 valence electrons. The number of nitrogens with zero attached hydrogens (tertiary/aromatic N) is 1. The summed E-state index contributed by atoms with van der Waals surface area (Å²) >= 11 is 0. The number of amides is 1. The van der Waals surface area contributed by atoms with E-state index in [1.807, 2.05) is 36.4 Å². The third kappa shape index (κ3) is 4.40. The van der Waals surface area contributed by atoms with Crippen molar-refractivity contribution in [3.63, 3.8) is 0 Å². The number of rotatable bonds is 6. The lowest BCUT2D eigenvalue weighted by atomic mass is 9.72. The molecule has 2 aromatic rings. The summed E-state index contributed by atoms with van der Waals surface area (Å²) in [5, 5.41) is 13.2. The molecule has 1 aliphatic rings. The molecule has 1 saturated heterocycles. The maximum Gasteiger partial charge on any atom is 0.407 e. The third-order valence-electron chi connectivity index (χ3n) is 5.22. The van der Waals surface area contributed by atoms with Gasteiger partial charge in [0.2, 0.25) is 0 Å². The highest BCUT2D eigenvalue weighted by molar-refractivity contribution is 5.65. The van der Waals surface area contributed by atoms with Crippen LogP contribution in [0, 0.1) is 0 Å². The molecule has 2 aromatic carbocycles. The van der Waals surface area contributed by atoms with Crippen LogP contribution >= 0.6 is 0 Å². The first-order valence-electron chi connectivity index (χ1n) is 8.98. The van der Waals surface area contributed by atoms with Gasteiger partial charge in [0, 0.05) is 18.5 Å². The van der Waals surface area contributed by atoms with Crippen LogP contribution < -0.4 is 5.32 Å². The van der Waals surface area contributed by atoms with Gasteiger partial charge in [0.15, 0.2) is 0 Å². The van der Waals surface area contributed by atoms with E-state index >= 15 is 0 Å². The first-order valence-corrected chi connectivity index (χ1v) is 8.98. The molecule has 0 aliphatic carbocycles. The van der Waals surface area contributed by atoms with E-state index in [1.165, 1.54) is 11.1 Å². The number of carbonyl (C=O) groups is 1. The fraction of sp³-hybridized carbons (Fsp3) is 0.381. The van der Waals surface area contributed by atoms with Crippen molar-refractivity contribution in [2.24, 2.45) is 0 Å². The second kappa shape index (κ2) is 8.17. The first kappa shape index (κ1) is 17.5. The maximum absolute atomic E-state index is 11.9. The lowest BCUT2D eigenvalue weighted by Gasteiger charge is -2.41. The zero-order valence-corrected chi connectivity index (χ0v) is 14.5. The molecule has 25 heavy (non-hydrogen) atoms. The number of piperidine rings is 1. The SMILES string of the molecule is O=C(O)N(CCc1ccccc1)CC1(c2ccccc2)CCNCC1. The van der Waals surface area contributed by atoms with Gasteiger partial charge >= 0.3 is 6.09 Å². The van der Waals surface area contributed by atoms with E-state index in [0.717, 1.165) is 32.4 Å². The minimum Gasteiger partial charge on any atom is -0.465 e. The van der Waals surface area contributed by atoms with Crippen molar-refractivity contribution in [2.75, 3.05) is 26.2 Å². The molecule has 3 rings (SSSR count). The summed E-state index contributed by atoms with van der Waals surface area (Å²) in [5.41, 5.74) is 2.33. The van der Waals surface area contributed by atoms with Crippen molar-refractivity contribution >= 4 is 6.09 Å². The summed E-state index contributed by atoms with van der Waals surface area (Å²) in [4.78, 5) is 13.5. The normalized spacial score (nSPS) is 16.3. The average molecular weight is 338 g/mol. The van der Waals surface area contributed by atoms with E-state index in [0.29, 0.717) is 13.1 Å².